The lowest BCUT2D eigenvalue weighted by Crippen LogP contribution is -2.29. The van der Waals surface area contributed by atoms with Crippen molar-refractivity contribution < 1.29 is 18.9 Å². The largest absolute Gasteiger partial charge is 0.477 e. The summed E-state index contributed by atoms with van der Waals surface area (Å²) in [5, 5.41) is 0. The highest BCUT2D eigenvalue weighted by Gasteiger charge is 2.37. The molecule has 0 N–H and O–H groups in total. The Morgan fingerprint density at radius 2 is 1.75 bits per heavy atom. The van der Waals surface area contributed by atoms with Crippen molar-refractivity contribution in [3.8, 4) is 5.88 Å². The molecule has 0 aliphatic carbocycles. The number of rotatable bonds is 14. The van der Waals surface area contributed by atoms with Crippen LogP contribution in [-0.4, -0.2) is 43.6 Å². The summed E-state index contributed by atoms with van der Waals surface area (Å²) < 4.78 is 24.1. The molecule has 2 rings (SSSR count). The van der Waals surface area contributed by atoms with Gasteiger partial charge in [0.05, 0.1) is 25.4 Å². The fraction of sp³-hybridized carbons (Fsp3) is 0.783. The van der Waals surface area contributed by atoms with Crippen LogP contribution in [0.1, 0.15) is 82.9 Å². The highest BCUT2D eigenvalue weighted by atomic mass is 16.6. The van der Waals surface area contributed by atoms with Crippen molar-refractivity contribution in [2.75, 3.05) is 26.4 Å². The van der Waals surface area contributed by atoms with Crippen molar-refractivity contribution in [1.29, 1.82) is 0 Å². The summed E-state index contributed by atoms with van der Waals surface area (Å²) >= 11 is 0. The van der Waals surface area contributed by atoms with Gasteiger partial charge < -0.3 is 18.9 Å². The molecule has 5 nitrogen and oxygen atoms in total. The minimum Gasteiger partial charge on any atom is -0.477 e. The molecule has 1 fully saturated rings. The SMILES string of the molecule is CCCCOC[C@H]1O[C@@H](c2cnc(OCCCC)c(C)c2)C[C@H]1OCCCC. The standard InChI is InChI=1S/C23H39NO4/c1-5-8-11-25-17-22-21(26-12-9-6-2)15-20(28-22)19-14-18(4)23(24-16-19)27-13-10-7-3/h14,16,20-22H,5-13,15,17H2,1-4H3/t20-,21-,22-/m1/s1. The van der Waals surface area contributed by atoms with Crippen molar-refractivity contribution in [3.63, 3.8) is 0 Å². The summed E-state index contributed by atoms with van der Waals surface area (Å²) in [6, 6.07) is 2.14. The van der Waals surface area contributed by atoms with Gasteiger partial charge in [-0.05, 0) is 37.8 Å². The molecule has 0 saturated carbocycles. The fourth-order valence-corrected chi connectivity index (χ4v) is 3.30. The van der Waals surface area contributed by atoms with E-state index in [9.17, 15) is 0 Å². The van der Waals surface area contributed by atoms with Crippen LogP contribution in [0, 0.1) is 6.92 Å². The van der Waals surface area contributed by atoms with E-state index in [2.05, 4.69) is 31.8 Å². The lowest BCUT2D eigenvalue weighted by atomic mass is 10.0. The number of aromatic nitrogens is 1. The minimum absolute atomic E-state index is 0.00212. The first kappa shape index (κ1) is 23.1. The van der Waals surface area contributed by atoms with Crippen LogP contribution >= 0.6 is 0 Å². The molecule has 0 unspecified atom stereocenters. The Bertz CT molecular complexity index is 551. The van der Waals surface area contributed by atoms with Crippen LogP contribution in [0.4, 0.5) is 0 Å². The summed E-state index contributed by atoms with van der Waals surface area (Å²) in [5.41, 5.74) is 2.16. The third kappa shape index (κ3) is 7.34. The van der Waals surface area contributed by atoms with E-state index >= 15 is 0 Å². The predicted octanol–water partition coefficient (Wildman–Crippen LogP) is 5.40. The Morgan fingerprint density at radius 1 is 1.04 bits per heavy atom. The van der Waals surface area contributed by atoms with Crippen LogP contribution in [0.2, 0.25) is 0 Å². The first-order chi connectivity index (χ1) is 13.7. The molecule has 5 heteroatoms. The zero-order valence-electron chi connectivity index (χ0n) is 18.2. The molecular weight excluding hydrogens is 354 g/mol. The Kier molecular flexibility index (Phi) is 10.8. The third-order valence-electron chi connectivity index (χ3n) is 5.11. The molecule has 0 radical (unpaired) electrons. The van der Waals surface area contributed by atoms with Crippen LogP contribution in [0.25, 0.3) is 0 Å². The third-order valence-corrected chi connectivity index (χ3v) is 5.11. The number of ether oxygens (including phenoxy) is 4. The Hall–Kier alpha value is -1.17. The second-order valence-electron chi connectivity index (χ2n) is 7.68. The van der Waals surface area contributed by atoms with Gasteiger partial charge in [0, 0.05) is 31.4 Å². The van der Waals surface area contributed by atoms with Gasteiger partial charge in [0.1, 0.15) is 6.10 Å². The van der Waals surface area contributed by atoms with Crippen LogP contribution in [0.15, 0.2) is 12.3 Å². The number of pyridine rings is 1. The fourth-order valence-electron chi connectivity index (χ4n) is 3.30. The summed E-state index contributed by atoms with van der Waals surface area (Å²) in [7, 11) is 0. The molecule has 160 valence electrons. The van der Waals surface area contributed by atoms with E-state index in [1.54, 1.807) is 0 Å². The van der Waals surface area contributed by atoms with Crippen molar-refractivity contribution in [2.45, 2.75) is 91.0 Å². The quantitative estimate of drug-likeness (QED) is 0.396. The number of nitrogens with zero attached hydrogens (tertiary/aromatic N) is 1. The molecule has 1 saturated heterocycles. The van der Waals surface area contributed by atoms with Crippen molar-refractivity contribution in [1.82, 2.24) is 4.98 Å². The molecule has 0 bridgehead atoms. The second kappa shape index (κ2) is 13.1. The maximum absolute atomic E-state index is 6.33. The Labute approximate surface area is 171 Å². The summed E-state index contributed by atoms with van der Waals surface area (Å²) in [6.07, 6.45) is 9.42. The molecule has 0 spiro atoms. The van der Waals surface area contributed by atoms with Crippen LogP contribution in [0.5, 0.6) is 5.88 Å². The van der Waals surface area contributed by atoms with Gasteiger partial charge in [-0.1, -0.05) is 40.0 Å². The molecule has 1 aromatic heterocycles. The average molecular weight is 394 g/mol. The molecular formula is C23H39NO4. The van der Waals surface area contributed by atoms with Crippen LogP contribution in [0.3, 0.4) is 0 Å². The van der Waals surface area contributed by atoms with E-state index in [1.165, 1.54) is 0 Å². The van der Waals surface area contributed by atoms with Crippen molar-refractivity contribution in [2.24, 2.45) is 0 Å². The number of hydrogen-bond donors (Lipinski definition) is 0. The monoisotopic (exact) mass is 393 g/mol. The molecule has 3 atom stereocenters. The predicted molar refractivity (Wildman–Crippen MR) is 112 cm³/mol. The molecule has 0 aromatic carbocycles. The molecule has 1 aliphatic rings. The lowest BCUT2D eigenvalue weighted by Gasteiger charge is -2.19. The van der Waals surface area contributed by atoms with Gasteiger partial charge in [0.15, 0.2) is 0 Å². The molecule has 1 aromatic rings. The minimum atomic E-state index is -0.0144. The van der Waals surface area contributed by atoms with Gasteiger partial charge in [-0.25, -0.2) is 4.98 Å². The van der Waals surface area contributed by atoms with Gasteiger partial charge in [-0.3, -0.25) is 0 Å². The van der Waals surface area contributed by atoms with Gasteiger partial charge in [0.2, 0.25) is 5.88 Å². The Balaban J connectivity index is 1.96. The molecule has 2 heterocycles. The number of hydrogen-bond acceptors (Lipinski definition) is 5. The van der Waals surface area contributed by atoms with Gasteiger partial charge >= 0.3 is 0 Å². The molecule has 28 heavy (non-hydrogen) atoms. The zero-order valence-corrected chi connectivity index (χ0v) is 18.2. The smallest absolute Gasteiger partial charge is 0.216 e. The second-order valence-corrected chi connectivity index (χ2v) is 7.68. The topological polar surface area (TPSA) is 49.8 Å². The van der Waals surface area contributed by atoms with Crippen LogP contribution in [-0.2, 0) is 14.2 Å². The first-order valence-corrected chi connectivity index (χ1v) is 11.1. The lowest BCUT2D eigenvalue weighted by molar-refractivity contribution is -0.0651. The van der Waals surface area contributed by atoms with Crippen molar-refractivity contribution in [3.05, 3.63) is 23.4 Å². The maximum Gasteiger partial charge on any atom is 0.216 e. The van der Waals surface area contributed by atoms with E-state index in [0.717, 1.165) is 75.2 Å². The highest BCUT2D eigenvalue weighted by molar-refractivity contribution is 5.30. The summed E-state index contributed by atoms with van der Waals surface area (Å²) in [6.45, 7) is 11.4. The zero-order chi connectivity index (χ0) is 20.2. The Morgan fingerprint density at radius 3 is 2.46 bits per heavy atom. The highest BCUT2D eigenvalue weighted by Crippen LogP contribution is 2.36. The van der Waals surface area contributed by atoms with E-state index in [1.807, 2.05) is 13.1 Å². The van der Waals surface area contributed by atoms with Crippen LogP contribution < -0.4 is 4.74 Å². The first-order valence-electron chi connectivity index (χ1n) is 11.1. The van der Waals surface area contributed by atoms with Gasteiger partial charge in [-0.2, -0.15) is 0 Å². The van der Waals surface area contributed by atoms with E-state index in [0.29, 0.717) is 13.2 Å². The van der Waals surface area contributed by atoms with Gasteiger partial charge in [-0.15, -0.1) is 0 Å². The van der Waals surface area contributed by atoms with E-state index in [4.69, 9.17) is 18.9 Å². The maximum atomic E-state index is 6.33. The number of aryl methyl sites for hydroxylation is 1. The van der Waals surface area contributed by atoms with E-state index in [-0.39, 0.29) is 18.3 Å². The molecule has 1 aliphatic heterocycles. The number of unbranched alkanes of at least 4 members (excludes halogenated alkanes) is 3. The van der Waals surface area contributed by atoms with E-state index < -0.39 is 0 Å². The summed E-state index contributed by atoms with van der Waals surface area (Å²) in [5.74, 6) is 0.727. The average Bonchev–Trinajstić information content (AvgIpc) is 3.10. The van der Waals surface area contributed by atoms with Crippen molar-refractivity contribution >= 4 is 0 Å². The normalized spacial score (nSPS) is 21.9. The summed E-state index contributed by atoms with van der Waals surface area (Å²) in [4.78, 5) is 4.53. The molecule has 0 amide bonds. The van der Waals surface area contributed by atoms with Gasteiger partial charge in [0.25, 0.3) is 0 Å².